The Kier molecular flexibility index (Phi) is 9.58. The van der Waals surface area contributed by atoms with E-state index in [9.17, 15) is 4.79 Å². The molecule has 0 aliphatic carbocycles. The van der Waals surface area contributed by atoms with E-state index < -0.39 is 0 Å². The zero-order chi connectivity index (χ0) is 22.8. The second-order valence-electron chi connectivity index (χ2n) is 6.56. The summed E-state index contributed by atoms with van der Waals surface area (Å²) in [4.78, 5) is 16.7. The molecule has 3 aromatic rings. The molecular formula is C23H24BrN3O3S2. The minimum atomic E-state index is -0.199. The Morgan fingerprint density at radius 1 is 1.25 bits per heavy atom. The van der Waals surface area contributed by atoms with Gasteiger partial charge in [0.2, 0.25) is 0 Å². The van der Waals surface area contributed by atoms with Crippen LogP contribution in [0.1, 0.15) is 25.8 Å². The van der Waals surface area contributed by atoms with Crippen LogP contribution in [0.15, 0.2) is 61.8 Å². The Morgan fingerprint density at radius 3 is 2.81 bits per heavy atom. The number of nitrogens with one attached hydrogen (secondary N) is 1. The number of hydrogen-bond donors (Lipinski definition) is 1. The summed E-state index contributed by atoms with van der Waals surface area (Å²) in [6.45, 7) is 5.09. The van der Waals surface area contributed by atoms with E-state index in [1.54, 1.807) is 6.21 Å². The molecule has 168 valence electrons. The summed E-state index contributed by atoms with van der Waals surface area (Å²) in [6, 6.07) is 13.7. The number of amides is 1. The van der Waals surface area contributed by atoms with Crippen LogP contribution in [-0.2, 0) is 4.79 Å². The van der Waals surface area contributed by atoms with Gasteiger partial charge in [-0.2, -0.15) is 5.10 Å². The van der Waals surface area contributed by atoms with Crippen LogP contribution in [0.5, 0.6) is 11.5 Å². The first kappa shape index (κ1) is 24.3. The molecule has 1 heterocycles. The standard InChI is InChI=1S/C23H24BrN3O3S2/c1-3-10-30-22-18(24)11-16(12-20(22)29-4-2)13-25-27-21(28)15-32-23-26-19(14-31-23)17-8-6-5-7-9-17/h5-9,11-14H,3-4,10,15H2,1-2H3,(H,27,28)/b25-13+. The molecule has 0 saturated carbocycles. The highest BCUT2D eigenvalue weighted by Crippen LogP contribution is 2.36. The quantitative estimate of drug-likeness (QED) is 0.186. The van der Waals surface area contributed by atoms with Gasteiger partial charge in [-0.05, 0) is 47.0 Å². The zero-order valence-corrected chi connectivity index (χ0v) is 21.1. The number of thioether (sulfide) groups is 1. The molecule has 0 spiro atoms. The topological polar surface area (TPSA) is 72.8 Å². The summed E-state index contributed by atoms with van der Waals surface area (Å²) < 4.78 is 13.1. The van der Waals surface area contributed by atoms with E-state index in [1.807, 2.05) is 61.7 Å². The van der Waals surface area contributed by atoms with Gasteiger partial charge >= 0.3 is 0 Å². The van der Waals surface area contributed by atoms with Crippen LogP contribution >= 0.6 is 39.0 Å². The SMILES string of the molecule is CCCOc1c(Br)cc(/C=N/NC(=O)CSc2nc(-c3ccccc3)cs2)cc1OCC. The van der Waals surface area contributed by atoms with Crippen LogP contribution in [0.2, 0.25) is 0 Å². The third kappa shape index (κ3) is 7.08. The molecule has 0 radical (unpaired) electrons. The van der Waals surface area contributed by atoms with Crippen molar-refractivity contribution < 1.29 is 14.3 Å². The molecule has 9 heteroatoms. The van der Waals surface area contributed by atoms with Gasteiger partial charge in [0.1, 0.15) is 0 Å². The fourth-order valence-electron chi connectivity index (χ4n) is 2.67. The average molecular weight is 535 g/mol. The van der Waals surface area contributed by atoms with Gasteiger partial charge in [0.05, 0.1) is 35.3 Å². The third-order valence-electron chi connectivity index (χ3n) is 4.06. The number of thiazole rings is 1. The minimum absolute atomic E-state index is 0.199. The van der Waals surface area contributed by atoms with Crippen molar-refractivity contribution in [2.24, 2.45) is 5.10 Å². The smallest absolute Gasteiger partial charge is 0.250 e. The fourth-order valence-corrected chi connectivity index (χ4v) is 4.87. The first-order valence-electron chi connectivity index (χ1n) is 10.2. The van der Waals surface area contributed by atoms with Crippen LogP contribution in [0.25, 0.3) is 11.3 Å². The maximum absolute atomic E-state index is 12.2. The van der Waals surface area contributed by atoms with Gasteiger partial charge in [-0.3, -0.25) is 4.79 Å². The summed E-state index contributed by atoms with van der Waals surface area (Å²) >= 11 is 6.44. The van der Waals surface area contributed by atoms with Crippen molar-refractivity contribution in [3.05, 3.63) is 57.9 Å². The van der Waals surface area contributed by atoms with Crippen LogP contribution in [0.3, 0.4) is 0 Å². The van der Waals surface area contributed by atoms with Crippen LogP contribution in [-0.4, -0.2) is 36.1 Å². The summed E-state index contributed by atoms with van der Waals surface area (Å²) in [5.41, 5.74) is 5.32. The van der Waals surface area contributed by atoms with Gasteiger partial charge in [0.15, 0.2) is 15.8 Å². The molecule has 0 unspecified atom stereocenters. The van der Waals surface area contributed by atoms with Crippen molar-refractivity contribution in [1.82, 2.24) is 10.4 Å². The van der Waals surface area contributed by atoms with Crippen molar-refractivity contribution in [3.8, 4) is 22.8 Å². The molecule has 1 N–H and O–H groups in total. The number of nitrogens with zero attached hydrogens (tertiary/aromatic N) is 2. The molecule has 0 bridgehead atoms. The highest BCUT2D eigenvalue weighted by molar-refractivity contribution is 9.10. The molecule has 0 fully saturated rings. The second-order valence-corrected chi connectivity index (χ2v) is 9.49. The summed E-state index contributed by atoms with van der Waals surface area (Å²) in [6.07, 6.45) is 2.48. The predicted molar refractivity (Wildman–Crippen MR) is 135 cm³/mol. The molecule has 32 heavy (non-hydrogen) atoms. The van der Waals surface area contributed by atoms with Gasteiger partial charge in [0.25, 0.3) is 5.91 Å². The molecule has 1 amide bonds. The van der Waals surface area contributed by atoms with Crippen molar-refractivity contribution >= 4 is 51.2 Å². The number of carbonyl (C=O) groups excluding carboxylic acids is 1. The lowest BCUT2D eigenvalue weighted by Gasteiger charge is -2.14. The van der Waals surface area contributed by atoms with E-state index in [-0.39, 0.29) is 11.7 Å². The monoisotopic (exact) mass is 533 g/mol. The Labute approximate surface area is 204 Å². The second kappa shape index (κ2) is 12.6. The number of rotatable bonds is 11. The predicted octanol–water partition coefficient (Wildman–Crippen LogP) is 6.00. The van der Waals surface area contributed by atoms with E-state index in [0.717, 1.165) is 32.1 Å². The first-order chi connectivity index (χ1) is 15.6. The van der Waals surface area contributed by atoms with Gasteiger partial charge in [-0.25, -0.2) is 10.4 Å². The Hall–Kier alpha value is -2.36. The number of carbonyl (C=O) groups is 1. The van der Waals surface area contributed by atoms with E-state index in [0.29, 0.717) is 24.7 Å². The number of benzene rings is 2. The molecule has 0 aliphatic heterocycles. The molecule has 1 aromatic heterocycles. The molecule has 0 aliphatic rings. The molecule has 2 aromatic carbocycles. The number of ether oxygens (including phenoxy) is 2. The number of hydrazone groups is 1. The van der Waals surface area contributed by atoms with E-state index in [4.69, 9.17) is 9.47 Å². The maximum Gasteiger partial charge on any atom is 0.250 e. The highest BCUT2D eigenvalue weighted by atomic mass is 79.9. The van der Waals surface area contributed by atoms with Crippen molar-refractivity contribution in [1.29, 1.82) is 0 Å². The first-order valence-corrected chi connectivity index (χ1v) is 12.8. The summed E-state index contributed by atoms with van der Waals surface area (Å²) in [5, 5.41) is 6.06. The van der Waals surface area contributed by atoms with E-state index in [2.05, 4.69) is 31.4 Å². The Bertz CT molecular complexity index is 1060. The molecule has 0 atom stereocenters. The maximum atomic E-state index is 12.2. The van der Waals surface area contributed by atoms with Gasteiger partial charge in [0, 0.05) is 10.9 Å². The number of hydrogen-bond acceptors (Lipinski definition) is 7. The Balaban J connectivity index is 1.54. The largest absolute Gasteiger partial charge is 0.490 e. The Morgan fingerprint density at radius 2 is 2.06 bits per heavy atom. The molecule has 3 rings (SSSR count). The lowest BCUT2D eigenvalue weighted by atomic mass is 10.2. The van der Waals surface area contributed by atoms with E-state index >= 15 is 0 Å². The lowest BCUT2D eigenvalue weighted by Crippen LogP contribution is -2.19. The molecule has 6 nitrogen and oxygen atoms in total. The van der Waals surface area contributed by atoms with Crippen molar-refractivity contribution in [3.63, 3.8) is 0 Å². The highest BCUT2D eigenvalue weighted by Gasteiger charge is 2.12. The lowest BCUT2D eigenvalue weighted by molar-refractivity contribution is -0.118. The van der Waals surface area contributed by atoms with Gasteiger partial charge in [-0.1, -0.05) is 49.0 Å². The third-order valence-corrected chi connectivity index (χ3v) is 6.67. The van der Waals surface area contributed by atoms with Gasteiger partial charge in [-0.15, -0.1) is 11.3 Å². The van der Waals surface area contributed by atoms with E-state index in [1.165, 1.54) is 23.1 Å². The minimum Gasteiger partial charge on any atom is -0.490 e. The van der Waals surface area contributed by atoms with Gasteiger partial charge < -0.3 is 9.47 Å². The number of halogens is 1. The van der Waals surface area contributed by atoms with Crippen molar-refractivity contribution in [2.75, 3.05) is 19.0 Å². The van der Waals surface area contributed by atoms with Crippen molar-refractivity contribution in [2.45, 2.75) is 24.6 Å². The van der Waals surface area contributed by atoms with Crippen LogP contribution < -0.4 is 14.9 Å². The molecular weight excluding hydrogens is 510 g/mol. The average Bonchev–Trinajstić information content (AvgIpc) is 3.27. The number of aromatic nitrogens is 1. The zero-order valence-electron chi connectivity index (χ0n) is 17.8. The van der Waals surface area contributed by atoms with Crippen LogP contribution in [0.4, 0.5) is 0 Å². The summed E-state index contributed by atoms with van der Waals surface area (Å²) in [5.74, 6) is 1.34. The molecule has 0 saturated heterocycles. The normalized spacial score (nSPS) is 11.0. The summed E-state index contributed by atoms with van der Waals surface area (Å²) in [7, 11) is 0. The van der Waals surface area contributed by atoms with Crippen LogP contribution in [0, 0.1) is 0 Å². The fraction of sp³-hybridized carbons (Fsp3) is 0.261.